The van der Waals surface area contributed by atoms with Crippen LogP contribution >= 0.6 is 27.5 Å². The van der Waals surface area contributed by atoms with Crippen molar-refractivity contribution in [1.82, 2.24) is 5.32 Å². The summed E-state index contributed by atoms with van der Waals surface area (Å²) in [6.45, 7) is 4.80. The molecule has 2 nitrogen and oxygen atoms in total. The highest BCUT2D eigenvalue weighted by Crippen LogP contribution is 2.25. The summed E-state index contributed by atoms with van der Waals surface area (Å²) < 4.78 is 6.67. The Hall–Kier alpha value is -0.0900. The summed E-state index contributed by atoms with van der Waals surface area (Å²) in [6, 6.07) is 6.00. The summed E-state index contributed by atoms with van der Waals surface area (Å²) in [5.41, 5.74) is 1.24. The lowest BCUT2D eigenvalue weighted by atomic mass is 10.0. The topological polar surface area (TPSA) is 21.3 Å². The van der Waals surface area contributed by atoms with Gasteiger partial charge in [-0.05, 0) is 53.4 Å². The quantitative estimate of drug-likeness (QED) is 0.912. The highest BCUT2D eigenvalue weighted by molar-refractivity contribution is 9.10. The molecular weight excluding hydrogens is 302 g/mol. The molecule has 4 heteroatoms. The third kappa shape index (κ3) is 3.68. The van der Waals surface area contributed by atoms with Crippen molar-refractivity contribution in [1.29, 1.82) is 0 Å². The zero-order chi connectivity index (χ0) is 12.3. The van der Waals surface area contributed by atoms with E-state index in [1.165, 1.54) is 12.0 Å². The van der Waals surface area contributed by atoms with E-state index >= 15 is 0 Å². The third-order valence-electron chi connectivity index (χ3n) is 3.11. The number of hydrogen-bond donors (Lipinski definition) is 1. The average Bonchev–Trinajstić information content (AvgIpc) is 2.71. The van der Waals surface area contributed by atoms with E-state index in [-0.39, 0.29) is 5.60 Å². The molecule has 0 spiro atoms. The SMILES string of the molecule is CC1(CNCc2ccc(Cl)c(Br)c2)CCCO1. The van der Waals surface area contributed by atoms with Crippen LogP contribution in [0, 0.1) is 0 Å². The summed E-state index contributed by atoms with van der Waals surface area (Å²) in [5.74, 6) is 0. The van der Waals surface area contributed by atoms with Crippen molar-refractivity contribution in [2.24, 2.45) is 0 Å². The predicted molar refractivity (Wildman–Crippen MR) is 74.4 cm³/mol. The molecule has 17 heavy (non-hydrogen) atoms. The summed E-state index contributed by atoms with van der Waals surface area (Å²) in [6.07, 6.45) is 2.31. The van der Waals surface area contributed by atoms with Crippen LogP contribution in [0.25, 0.3) is 0 Å². The first-order valence-electron chi connectivity index (χ1n) is 5.88. The molecule has 1 fully saturated rings. The number of benzene rings is 1. The maximum absolute atomic E-state index is 5.95. The maximum Gasteiger partial charge on any atom is 0.0779 e. The van der Waals surface area contributed by atoms with Crippen LogP contribution in [0.1, 0.15) is 25.3 Å². The van der Waals surface area contributed by atoms with Crippen molar-refractivity contribution in [2.75, 3.05) is 13.2 Å². The van der Waals surface area contributed by atoms with Crippen LogP contribution in [-0.2, 0) is 11.3 Å². The second-order valence-electron chi connectivity index (χ2n) is 4.75. The van der Waals surface area contributed by atoms with Gasteiger partial charge < -0.3 is 10.1 Å². The molecule has 0 radical (unpaired) electrons. The minimum atomic E-state index is 0.0175. The van der Waals surface area contributed by atoms with Crippen LogP contribution in [0.2, 0.25) is 5.02 Å². The molecule has 1 aromatic carbocycles. The Morgan fingerprint density at radius 2 is 2.35 bits per heavy atom. The fraction of sp³-hybridized carbons (Fsp3) is 0.538. The molecule has 2 rings (SSSR count). The molecule has 1 unspecified atom stereocenters. The largest absolute Gasteiger partial charge is 0.374 e. The predicted octanol–water partition coefficient (Wildman–Crippen LogP) is 3.76. The summed E-state index contributed by atoms with van der Waals surface area (Å²) in [5, 5.41) is 4.19. The monoisotopic (exact) mass is 317 g/mol. The summed E-state index contributed by atoms with van der Waals surface area (Å²) in [4.78, 5) is 0. The van der Waals surface area contributed by atoms with Crippen LogP contribution in [0.4, 0.5) is 0 Å². The summed E-state index contributed by atoms with van der Waals surface area (Å²) in [7, 11) is 0. The Kier molecular flexibility index (Phi) is 4.47. The number of ether oxygens (including phenoxy) is 1. The molecule has 1 aliphatic heterocycles. The van der Waals surface area contributed by atoms with Gasteiger partial charge in [0.2, 0.25) is 0 Å². The molecule has 0 aromatic heterocycles. The van der Waals surface area contributed by atoms with Gasteiger partial charge >= 0.3 is 0 Å². The molecule has 1 atom stereocenters. The fourth-order valence-electron chi connectivity index (χ4n) is 2.10. The van der Waals surface area contributed by atoms with Crippen molar-refractivity contribution < 1.29 is 4.74 Å². The zero-order valence-electron chi connectivity index (χ0n) is 9.93. The third-order valence-corrected chi connectivity index (χ3v) is 4.33. The lowest BCUT2D eigenvalue weighted by molar-refractivity contribution is 0.0207. The van der Waals surface area contributed by atoms with Gasteiger partial charge in [-0.15, -0.1) is 0 Å². The standard InChI is InChI=1S/C13H17BrClNO/c1-13(5-2-6-17-13)9-16-8-10-3-4-12(15)11(14)7-10/h3-4,7,16H,2,5-6,8-9H2,1H3. The molecule has 1 aromatic rings. The van der Waals surface area contributed by atoms with E-state index < -0.39 is 0 Å². The van der Waals surface area contributed by atoms with Gasteiger partial charge in [-0.25, -0.2) is 0 Å². The average molecular weight is 319 g/mol. The first kappa shape index (κ1) is 13.3. The number of halogens is 2. The number of rotatable bonds is 4. The fourth-order valence-corrected chi connectivity index (χ4v) is 2.64. The maximum atomic E-state index is 5.95. The highest BCUT2D eigenvalue weighted by atomic mass is 79.9. The van der Waals surface area contributed by atoms with E-state index in [1.807, 2.05) is 18.2 Å². The van der Waals surface area contributed by atoms with E-state index in [4.69, 9.17) is 16.3 Å². The number of hydrogen-bond acceptors (Lipinski definition) is 2. The lowest BCUT2D eigenvalue weighted by Crippen LogP contribution is -2.36. The molecule has 0 aliphatic carbocycles. The molecule has 0 bridgehead atoms. The van der Waals surface area contributed by atoms with Gasteiger partial charge in [-0.3, -0.25) is 0 Å². The van der Waals surface area contributed by atoms with Gasteiger partial charge in [0.15, 0.2) is 0 Å². The van der Waals surface area contributed by atoms with Crippen LogP contribution in [-0.4, -0.2) is 18.8 Å². The van der Waals surface area contributed by atoms with E-state index in [9.17, 15) is 0 Å². The Labute approximate surface area is 116 Å². The van der Waals surface area contributed by atoms with Crippen molar-refractivity contribution in [3.63, 3.8) is 0 Å². The van der Waals surface area contributed by atoms with Crippen molar-refractivity contribution in [3.8, 4) is 0 Å². The smallest absolute Gasteiger partial charge is 0.0779 e. The van der Waals surface area contributed by atoms with Crippen LogP contribution < -0.4 is 5.32 Å². The normalized spacial score (nSPS) is 24.2. The molecule has 1 N–H and O–H groups in total. The van der Waals surface area contributed by atoms with E-state index in [0.717, 1.165) is 35.6 Å². The Bertz CT molecular complexity index is 391. The zero-order valence-corrected chi connectivity index (χ0v) is 12.3. The van der Waals surface area contributed by atoms with Gasteiger partial charge in [0.05, 0.1) is 10.6 Å². The van der Waals surface area contributed by atoms with Crippen LogP contribution in [0.3, 0.4) is 0 Å². The van der Waals surface area contributed by atoms with Gasteiger partial charge in [0.1, 0.15) is 0 Å². The second kappa shape index (κ2) is 5.70. The molecule has 0 amide bonds. The molecule has 1 aliphatic rings. The van der Waals surface area contributed by atoms with Crippen LogP contribution in [0.15, 0.2) is 22.7 Å². The highest BCUT2D eigenvalue weighted by Gasteiger charge is 2.28. The Morgan fingerprint density at radius 3 is 3.00 bits per heavy atom. The first-order valence-corrected chi connectivity index (χ1v) is 7.05. The minimum Gasteiger partial charge on any atom is -0.374 e. The second-order valence-corrected chi connectivity index (χ2v) is 6.02. The molecule has 1 saturated heterocycles. The number of nitrogens with one attached hydrogen (secondary N) is 1. The molecular formula is C13H17BrClNO. The first-order chi connectivity index (χ1) is 8.09. The molecule has 94 valence electrons. The van der Waals surface area contributed by atoms with E-state index in [2.05, 4.69) is 28.2 Å². The van der Waals surface area contributed by atoms with Gasteiger partial charge in [-0.1, -0.05) is 17.7 Å². The van der Waals surface area contributed by atoms with Gasteiger partial charge in [0.25, 0.3) is 0 Å². The lowest BCUT2D eigenvalue weighted by Gasteiger charge is -2.23. The van der Waals surface area contributed by atoms with Crippen LogP contribution in [0.5, 0.6) is 0 Å². The summed E-state index contributed by atoms with van der Waals surface area (Å²) >= 11 is 9.38. The Morgan fingerprint density at radius 1 is 1.53 bits per heavy atom. The molecule has 0 saturated carbocycles. The van der Waals surface area contributed by atoms with E-state index in [1.54, 1.807) is 0 Å². The van der Waals surface area contributed by atoms with E-state index in [0.29, 0.717) is 0 Å². The van der Waals surface area contributed by atoms with Crippen molar-refractivity contribution >= 4 is 27.5 Å². The van der Waals surface area contributed by atoms with Crippen molar-refractivity contribution in [2.45, 2.75) is 31.9 Å². The van der Waals surface area contributed by atoms with Gasteiger partial charge in [-0.2, -0.15) is 0 Å². The molecule has 1 heterocycles. The van der Waals surface area contributed by atoms with Crippen molar-refractivity contribution in [3.05, 3.63) is 33.3 Å². The minimum absolute atomic E-state index is 0.0175. The Balaban J connectivity index is 1.83. The van der Waals surface area contributed by atoms with Gasteiger partial charge in [0, 0.05) is 24.2 Å².